The van der Waals surface area contributed by atoms with Gasteiger partial charge in [-0.2, -0.15) is 0 Å². The first-order valence-electron chi connectivity index (χ1n) is 3.79. The van der Waals surface area contributed by atoms with Crippen molar-refractivity contribution in [1.82, 2.24) is 10.2 Å². The van der Waals surface area contributed by atoms with Gasteiger partial charge in [0.1, 0.15) is 0 Å². The molecular weight excluding hydrogens is 158 g/mol. The van der Waals surface area contributed by atoms with E-state index in [1.54, 1.807) is 18.9 Å². The van der Waals surface area contributed by atoms with Gasteiger partial charge in [0.05, 0.1) is 12.6 Å². The number of hydrogen-bond acceptors (Lipinski definition) is 5. The summed E-state index contributed by atoms with van der Waals surface area (Å²) in [7, 11) is 1.80. The van der Waals surface area contributed by atoms with Crippen molar-refractivity contribution in [2.75, 3.05) is 18.6 Å². The minimum atomic E-state index is -0.00940. The largest absolute Gasteiger partial charge is 0.408 e. The van der Waals surface area contributed by atoms with Crippen LogP contribution in [0.3, 0.4) is 0 Å². The zero-order valence-corrected chi connectivity index (χ0v) is 7.48. The summed E-state index contributed by atoms with van der Waals surface area (Å²) in [6, 6.07) is 0.430. The van der Waals surface area contributed by atoms with Crippen molar-refractivity contribution < 1.29 is 9.52 Å². The number of aryl methyl sites for hydroxylation is 1. The standard InChI is InChI=1S/C7H13N3O2/c1-5(4-11)10(3)7-9-8-6(2)12-7/h5,11H,4H2,1-3H3/t5-/m1/s1. The Hall–Kier alpha value is -1.10. The molecule has 0 amide bonds. The Bertz CT molecular complexity index is 249. The van der Waals surface area contributed by atoms with E-state index in [1.165, 1.54) is 0 Å². The van der Waals surface area contributed by atoms with E-state index >= 15 is 0 Å². The van der Waals surface area contributed by atoms with Gasteiger partial charge < -0.3 is 14.4 Å². The Labute approximate surface area is 71.0 Å². The van der Waals surface area contributed by atoms with Crippen LogP contribution in [-0.2, 0) is 0 Å². The Balaban J connectivity index is 2.70. The number of anilines is 1. The lowest BCUT2D eigenvalue weighted by Crippen LogP contribution is -2.31. The highest BCUT2D eigenvalue weighted by Crippen LogP contribution is 2.11. The van der Waals surface area contributed by atoms with Crippen LogP contribution in [0.4, 0.5) is 6.01 Å². The maximum atomic E-state index is 8.84. The molecule has 1 heterocycles. The second-order valence-corrected chi connectivity index (χ2v) is 2.75. The highest BCUT2D eigenvalue weighted by molar-refractivity contribution is 5.23. The van der Waals surface area contributed by atoms with Gasteiger partial charge >= 0.3 is 6.01 Å². The maximum Gasteiger partial charge on any atom is 0.318 e. The summed E-state index contributed by atoms with van der Waals surface area (Å²) >= 11 is 0. The molecule has 12 heavy (non-hydrogen) atoms. The van der Waals surface area contributed by atoms with Gasteiger partial charge in [-0.3, -0.25) is 0 Å². The summed E-state index contributed by atoms with van der Waals surface area (Å²) in [5.41, 5.74) is 0. The summed E-state index contributed by atoms with van der Waals surface area (Å²) in [6.07, 6.45) is 0. The number of nitrogens with zero attached hydrogens (tertiary/aromatic N) is 3. The third-order valence-corrected chi connectivity index (χ3v) is 1.74. The molecule has 1 aromatic rings. The van der Waals surface area contributed by atoms with Crippen LogP contribution in [-0.4, -0.2) is 35.0 Å². The number of aliphatic hydroxyl groups is 1. The summed E-state index contributed by atoms with van der Waals surface area (Å²) in [5.74, 6) is 0.530. The molecular formula is C7H13N3O2. The maximum absolute atomic E-state index is 8.84. The SMILES string of the molecule is Cc1nnc(N(C)[C@H](C)CO)o1. The van der Waals surface area contributed by atoms with E-state index in [2.05, 4.69) is 10.2 Å². The van der Waals surface area contributed by atoms with Crippen molar-refractivity contribution in [3.63, 3.8) is 0 Å². The fourth-order valence-electron chi connectivity index (χ4n) is 0.740. The Morgan fingerprint density at radius 2 is 2.25 bits per heavy atom. The van der Waals surface area contributed by atoms with E-state index in [-0.39, 0.29) is 12.6 Å². The number of rotatable bonds is 3. The molecule has 1 rings (SSSR count). The lowest BCUT2D eigenvalue weighted by Gasteiger charge is -2.19. The molecule has 5 nitrogen and oxygen atoms in total. The van der Waals surface area contributed by atoms with E-state index in [1.807, 2.05) is 6.92 Å². The van der Waals surface area contributed by atoms with Crippen molar-refractivity contribution in [2.24, 2.45) is 0 Å². The van der Waals surface area contributed by atoms with Crippen LogP contribution >= 0.6 is 0 Å². The third-order valence-electron chi connectivity index (χ3n) is 1.74. The van der Waals surface area contributed by atoms with E-state index in [0.717, 1.165) is 0 Å². The van der Waals surface area contributed by atoms with E-state index in [0.29, 0.717) is 11.9 Å². The zero-order valence-electron chi connectivity index (χ0n) is 7.48. The molecule has 0 unspecified atom stereocenters. The molecule has 1 N–H and O–H groups in total. The predicted molar refractivity (Wildman–Crippen MR) is 44.0 cm³/mol. The summed E-state index contributed by atoms with van der Waals surface area (Å²) < 4.78 is 5.16. The Morgan fingerprint density at radius 3 is 2.67 bits per heavy atom. The average molecular weight is 171 g/mol. The minimum Gasteiger partial charge on any atom is -0.408 e. The third kappa shape index (κ3) is 1.73. The first-order chi connectivity index (χ1) is 5.65. The summed E-state index contributed by atoms with van der Waals surface area (Å²) in [4.78, 5) is 1.74. The van der Waals surface area contributed by atoms with Crippen LogP contribution in [0.25, 0.3) is 0 Å². The van der Waals surface area contributed by atoms with Crippen molar-refractivity contribution in [3.8, 4) is 0 Å². The molecule has 1 atom stereocenters. The van der Waals surface area contributed by atoms with Gasteiger partial charge in [0, 0.05) is 14.0 Å². The van der Waals surface area contributed by atoms with Crippen LogP contribution < -0.4 is 4.90 Å². The molecule has 0 bridgehead atoms. The highest BCUT2D eigenvalue weighted by atomic mass is 16.4. The second kappa shape index (κ2) is 3.53. The van der Waals surface area contributed by atoms with Gasteiger partial charge in [-0.05, 0) is 6.92 Å². The molecule has 0 spiro atoms. The van der Waals surface area contributed by atoms with Crippen LogP contribution in [0.1, 0.15) is 12.8 Å². The van der Waals surface area contributed by atoms with Gasteiger partial charge in [0.2, 0.25) is 5.89 Å². The van der Waals surface area contributed by atoms with Gasteiger partial charge in [0.25, 0.3) is 0 Å². The average Bonchev–Trinajstić information content (AvgIpc) is 2.49. The fourth-order valence-corrected chi connectivity index (χ4v) is 0.740. The van der Waals surface area contributed by atoms with Crippen LogP contribution in [0.5, 0.6) is 0 Å². The van der Waals surface area contributed by atoms with Crippen LogP contribution in [0, 0.1) is 6.92 Å². The van der Waals surface area contributed by atoms with Crippen LogP contribution in [0.2, 0.25) is 0 Å². The number of hydrogen-bond donors (Lipinski definition) is 1. The smallest absolute Gasteiger partial charge is 0.318 e. The van der Waals surface area contributed by atoms with Crippen molar-refractivity contribution in [2.45, 2.75) is 19.9 Å². The van der Waals surface area contributed by atoms with Gasteiger partial charge in [-0.25, -0.2) is 0 Å². The molecule has 68 valence electrons. The molecule has 5 heteroatoms. The lowest BCUT2D eigenvalue weighted by molar-refractivity contribution is 0.266. The number of aliphatic hydroxyl groups excluding tert-OH is 1. The molecule has 0 aliphatic carbocycles. The lowest BCUT2D eigenvalue weighted by atomic mass is 10.3. The fraction of sp³-hybridized carbons (Fsp3) is 0.714. The highest BCUT2D eigenvalue weighted by Gasteiger charge is 2.13. The zero-order chi connectivity index (χ0) is 9.14. The van der Waals surface area contributed by atoms with Crippen molar-refractivity contribution in [3.05, 3.63) is 5.89 Å². The molecule has 0 saturated heterocycles. The molecule has 0 radical (unpaired) electrons. The van der Waals surface area contributed by atoms with Gasteiger partial charge in [-0.15, -0.1) is 5.10 Å². The Kier molecular flexibility index (Phi) is 2.65. The van der Waals surface area contributed by atoms with Crippen molar-refractivity contribution in [1.29, 1.82) is 0 Å². The molecule has 1 aromatic heterocycles. The number of likely N-dealkylation sites (N-methyl/N-ethyl adjacent to an activating group) is 1. The first kappa shape index (κ1) is 8.99. The van der Waals surface area contributed by atoms with Crippen LogP contribution in [0.15, 0.2) is 4.42 Å². The predicted octanol–water partition coefficient (Wildman–Crippen LogP) is 0.195. The molecule has 0 saturated carbocycles. The normalized spacial score (nSPS) is 13.0. The topological polar surface area (TPSA) is 62.4 Å². The summed E-state index contributed by atoms with van der Waals surface area (Å²) in [6.45, 7) is 3.67. The molecule has 0 aromatic carbocycles. The molecule has 0 aliphatic rings. The second-order valence-electron chi connectivity index (χ2n) is 2.75. The van der Waals surface area contributed by atoms with E-state index in [4.69, 9.17) is 9.52 Å². The quantitative estimate of drug-likeness (QED) is 0.703. The molecule has 0 aliphatic heterocycles. The minimum absolute atomic E-state index is 0.00940. The Morgan fingerprint density at radius 1 is 1.58 bits per heavy atom. The van der Waals surface area contributed by atoms with E-state index < -0.39 is 0 Å². The van der Waals surface area contributed by atoms with Gasteiger partial charge in [0.15, 0.2) is 0 Å². The van der Waals surface area contributed by atoms with Gasteiger partial charge in [-0.1, -0.05) is 5.10 Å². The number of aromatic nitrogens is 2. The molecule has 0 fully saturated rings. The van der Waals surface area contributed by atoms with E-state index in [9.17, 15) is 0 Å². The monoisotopic (exact) mass is 171 g/mol. The van der Waals surface area contributed by atoms with Crippen molar-refractivity contribution >= 4 is 6.01 Å². The first-order valence-corrected chi connectivity index (χ1v) is 3.79. The summed E-state index contributed by atoms with van der Waals surface area (Å²) in [5, 5.41) is 16.3.